The van der Waals surface area contributed by atoms with Crippen LogP contribution < -0.4 is 14.2 Å². The smallest absolute Gasteiger partial charge is 0.227 e. The molecule has 7 heteroatoms. The lowest BCUT2D eigenvalue weighted by atomic mass is 10.1. The highest BCUT2D eigenvalue weighted by Crippen LogP contribution is 2.38. The van der Waals surface area contributed by atoms with Crippen LogP contribution in [0, 0.1) is 0 Å². The largest absolute Gasteiger partial charge is 0.493 e. The van der Waals surface area contributed by atoms with Crippen LogP contribution in [0.4, 0.5) is 0 Å². The van der Waals surface area contributed by atoms with Crippen molar-refractivity contribution in [2.75, 3.05) is 34.5 Å². The number of carbonyl (C=O) groups is 1. The van der Waals surface area contributed by atoms with Crippen LogP contribution in [-0.2, 0) is 22.5 Å². The van der Waals surface area contributed by atoms with Crippen molar-refractivity contribution in [2.24, 2.45) is 0 Å². The van der Waals surface area contributed by atoms with Crippen molar-refractivity contribution >= 4 is 5.91 Å². The molecule has 0 spiro atoms. The second-order valence-corrected chi connectivity index (χ2v) is 6.98. The van der Waals surface area contributed by atoms with E-state index < -0.39 is 0 Å². The summed E-state index contributed by atoms with van der Waals surface area (Å²) in [5.41, 5.74) is 1.79. The molecule has 7 nitrogen and oxygen atoms in total. The van der Waals surface area contributed by atoms with Gasteiger partial charge in [0.2, 0.25) is 11.7 Å². The van der Waals surface area contributed by atoms with E-state index in [0.717, 1.165) is 30.6 Å². The number of rotatable bonds is 9. The SMILES string of the molecule is COc1cc(CC(=O)N(Cc2cccnc2)C[C@H]2CCCO2)cc(OC)c1OC. The zero-order valence-electron chi connectivity index (χ0n) is 17.2. The van der Waals surface area contributed by atoms with Gasteiger partial charge in [0.15, 0.2) is 11.5 Å². The summed E-state index contributed by atoms with van der Waals surface area (Å²) in [5, 5.41) is 0. The summed E-state index contributed by atoms with van der Waals surface area (Å²) in [5.74, 6) is 1.59. The van der Waals surface area contributed by atoms with Crippen LogP contribution in [0.5, 0.6) is 17.2 Å². The lowest BCUT2D eigenvalue weighted by Gasteiger charge is -2.26. The second kappa shape index (κ2) is 10.1. The van der Waals surface area contributed by atoms with Crippen molar-refractivity contribution in [1.29, 1.82) is 0 Å². The number of ether oxygens (including phenoxy) is 4. The minimum Gasteiger partial charge on any atom is -0.493 e. The minimum absolute atomic E-state index is 0.0126. The molecule has 1 aromatic carbocycles. The highest BCUT2D eigenvalue weighted by Gasteiger charge is 2.24. The topological polar surface area (TPSA) is 70.1 Å². The normalized spacial score (nSPS) is 15.8. The Kier molecular flexibility index (Phi) is 7.30. The Morgan fingerprint density at radius 1 is 1.17 bits per heavy atom. The molecule has 29 heavy (non-hydrogen) atoms. The quantitative estimate of drug-likeness (QED) is 0.645. The van der Waals surface area contributed by atoms with E-state index in [1.165, 1.54) is 0 Å². The molecule has 1 atom stereocenters. The molecular formula is C22H28N2O5. The molecule has 1 aliphatic heterocycles. The van der Waals surface area contributed by atoms with E-state index in [9.17, 15) is 4.79 Å². The maximum atomic E-state index is 13.2. The Morgan fingerprint density at radius 2 is 1.93 bits per heavy atom. The highest BCUT2D eigenvalue weighted by molar-refractivity contribution is 5.79. The maximum absolute atomic E-state index is 13.2. The molecular weight excluding hydrogens is 372 g/mol. The van der Waals surface area contributed by atoms with E-state index in [0.29, 0.717) is 30.3 Å². The molecule has 0 unspecified atom stereocenters. The van der Waals surface area contributed by atoms with Crippen molar-refractivity contribution in [3.8, 4) is 17.2 Å². The molecule has 1 saturated heterocycles. The van der Waals surface area contributed by atoms with Crippen molar-refractivity contribution in [1.82, 2.24) is 9.88 Å². The summed E-state index contributed by atoms with van der Waals surface area (Å²) in [7, 11) is 4.69. The van der Waals surface area contributed by atoms with Gasteiger partial charge < -0.3 is 23.8 Å². The number of methoxy groups -OCH3 is 3. The maximum Gasteiger partial charge on any atom is 0.227 e. The third kappa shape index (κ3) is 5.38. The van der Waals surface area contributed by atoms with E-state index in [4.69, 9.17) is 18.9 Å². The van der Waals surface area contributed by atoms with E-state index in [-0.39, 0.29) is 18.4 Å². The number of benzene rings is 1. The first-order valence-electron chi connectivity index (χ1n) is 9.71. The molecule has 0 radical (unpaired) electrons. The van der Waals surface area contributed by atoms with E-state index >= 15 is 0 Å². The van der Waals surface area contributed by atoms with Gasteiger partial charge in [0.1, 0.15) is 0 Å². The van der Waals surface area contributed by atoms with Gasteiger partial charge in [-0.25, -0.2) is 0 Å². The molecule has 1 aromatic heterocycles. The molecule has 0 N–H and O–H groups in total. The van der Waals surface area contributed by atoms with Crippen LogP contribution in [-0.4, -0.2) is 56.4 Å². The molecule has 1 fully saturated rings. The average Bonchev–Trinajstić information content (AvgIpc) is 3.26. The highest BCUT2D eigenvalue weighted by atomic mass is 16.5. The lowest BCUT2D eigenvalue weighted by molar-refractivity contribution is -0.132. The molecule has 1 aliphatic rings. The predicted molar refractivity (Wildman–Crippen MR) is 108 cm³/mol. The zero-order chi connectivity index (χ0) is 20.6. The van der Waals surface area contributed by atoms with E-state index in [2.05, 4.69) is 4.98 Å². The fraction of sp³-hybridized carbons (Fsp3) is 0.455. The monoisotopic (exact) mass is 400 g/mol. The first-order valence-corrected chi connectivity index (χ1v) is 9.71. The van der Waals surface area contributed by atoms with Crippen molar-refractivity contribution in [2.45, 2.75) is 31.9 Å². The average molecular weight is 400 g/mol. The van der Waals surface area contributed by atoms with Gasteiger partial charge in [-0.1, -0.05) is 6.07 Å². The van der Waals surface area contributed by atoms with Gasteiger partial charge in [-0.3, -0.25) is 9.78 Å². The van der Waals surface area contributed by atoms with Crippen molar-refractivity contribution in [3.63, 3.8) is 0 Å². The van der Waals surface area contributed by atoms with Gasteiger partial charge >= 0.3 is 0 Å². The Hall–Kier alpha value is -2.80. The molecule has 156 valence electrons. The Balaban J connectivity index is 1.79. The fourth-order valence-electron chi connectivity index (χ4n) is 3.52. The molecule has 2 heterocycles. The minimum atomic E-state index is 0.0126. The van der Waals surface area contributed by atoms with Crippen molar-refractivity contribution < 1.29 is 23.7 Å². The van der Waals surface area contributed by atoms with Crippen molar-refractivity contribution in [3.05, 3.63) is 47.8 Å². The van der Waals surface area contributed by atoms with Crippen LogP contribution in [0.3, 0.4) is 0 Å². The zero-order valence-corrected chi connectivity index (χ0v) is 17.2. The van der Waals surface area contributed by atoms with Crippen LogP contribution in [0.2, 0.25) is 0 Å². The summed E-state index contributed by atoms with van der Waals surface area (Å²) in [4.78, 5) is 19.2. The standard InChI is InChI=1S/C22H28N2O5/c1-26-19-10-17(11-20(27-2)22(19)28-3)12-21(25)24(15-18-7-5-9-29-18)14-16-6-4-8-23-13-16/h4,6,8,10-11,13,18H,5,7,9,12,14-15H2,1-3H3/t18-/m1/s1. The summed E-state index contributed by atoms with van der Waals surface area (Å²) in [6.45, 7) is 1.82. The van der Waals surface area contributed by atoms with Crippen LogP contribution >= 0.6 is 0 Å². The first kappa shape index (κ1) is 20.9. The third-order valence-corrected chi connectivity index (χ3v) is 4.98. The summed E-state index contributed by atoms with van der Waals surface area (Å²) < 4.78 is 21.9. The number of amides is 1. The molecule has 0 aliphatic carbocycles. The second-order valence-electron chi connectivity index (χ2n) is 6.98. The predicted octanol–water partition coefficient (Wildman–Crippen LogP) is 2.86. The van der Waals surface area contributed by atoms with Crippen LogP contribution in [0.25, 0.3) is 0 Å². The van der Waals surface area contributed by atoms with Crippen LogP contribution in [0.1, 0.15) is 24.0 Å². The summed E-state index contributed by atoms with van der Waals surface area (Å²) >= 11 is 0. The lowest BCUT2D eigenvalue weighted by Crippen LogP contribution is -2.37. The van der Waals surface area contributed by atoms with Gasteiger partial charge in [-0.2, -0.15) is 0 Å². The van der Waals surface area contributed by atoms with Gasteiger partial charge in [-0.05, 0) is 42.2 Å². The molecule has 0 saturated carbocycles. The number of carbonyl (C=O) groups excluding carboxylic acids is 1. The number of aromatic nitrogens is 1. The van der Waals surface area contributed by atoms with Gasteiger partial charge in [-0.15, -0.1) is 0 Å². The van der Waals surface area contributed by atoms with Gasteiger partial charge in [0.05, 0.1) is 33.9 Å². The third-order valence-electron chi connectivity index (χ3n) is 4.98. The Morgan fingerprint density at radius 3 is 2.48 bits per heavy atom. The Bertz CT molecular complexity index is 781. The fourth-order valence-corrected chi connectivity index (χ4v) is 3.52. The number of nitrogens with zero attached hydrogens (tertiary/aromatic N) is 2. The van der Waals surface area contributed by atoms with E-state index in [1.807, 2.05) is 29.2 Å². The summed E-state index contributed by atoms with van der Waals surface area (Å²) in [6, 6.07) is 7.48. The Labute approximate surface area is 171 Å². The number of hydrogen-bond donors (Lipinski definition) is 0. The molecule has 3 rings (SSSR count). The van der Waals surface area contributed by atoms with E-state index in [1.54, 1.807) is 33.7 Å². The van der Waals surface area contributed by atoms with Gasteiger partial charge in [0, 0.05) is 32.1 Å². The van der Waals surface area contributed by atoms with Gasteiger partial charge in [0.25, 0.3) is 0 Å². The first-order chi connectivity index (χ1) is 14.1. The number of hydrogen-bond acceptors (Lipinski definition) is 6. The molecule has 0 bridgehead atoms. The number of pyridine rings is 1. The van der Waals surface area contributed by atoms with Crippen LogP contribution in [0.15, 0.2) is 36.7 Å². The molecule has 2 aromatic rings. The summed E-state index contributed by atoms with van der Waals surface area (Å²) in [6.07, 6.45) is 5.83. The molecule has 1 amide bonds.